The molecule has 1 atom stereocenters. The molecule has 0 aliphatic carbocycles. The molecule has 1 fully saturated rings. The van der Waals surface area contributed by atoms with Crippen molar-refractivity contribution in [2.24, 2.45) is 0 Å². The van der Waals surface area contributed by atoms with Crippen molar-refractivity contribution in [2.75, 3.05) is 26.2 Å². The average molecular weight is 361 g/mol. The van der Waals surface area contributed by atoms with Crippen molar-refractivity contribution in [3.8, 4) is 5.75 Å². The predicted molar refractivity (Wildman–Crippen MR) is 108 cm³/mol. The van der Waals surface area contributed by atoms with Gasteiger partial charge in [-0.15, -0.1) is 0 Å². The van der Waals surface area contributed by atoms with E-state index in [1.807, 2.05) is 19.9 Å². The molecule has 1 heterocycles. The van der Waals surface area contributed by atoms with Crippen molar-refractivity contribution in [1.82, 2.24) is 10.2 Å². The summed E-state index contributed by atoms with van der Waals surface area (Å²) in [6.45, 7) is 12.4. The van der Waals surface area contributed by atoms with Crippen LogP contribution >= 0.6 is 0 Å². The van der Waals surface area contributed by atoms with Crippen molar-refractivity contribution >= 4 is 5.91 Å². The summed E-state index contributed by atoms with van der Waals surface area (Å²) in [7, 11) is 0. The van der Waals surface area contributed by atoms with E-state index in [9.17, 15) is 4.79 Å². The van der Waals surface area contributed by atoms with Gasteiger partial charge in [-0.3, -0.25) is 4.79 Å². The number of hydrogen-bond acceptors (Lipinski definition) is 3. The molecule has 1 aromatic rings. The van der Waals surface area contributed by atoms with E-state index >= 15 is 0 Å². The lowest BCUT2D eigenvalue weighted by Gasteiger charge is -2.21. The van der Waals surface area contributed by atoms with Gasteiger partial charge in [0.15, 0.2) is 6.10 Å². The van der Waals surface area contributed by atoms with Crippen LogP contribution in [0.2, 0.25) is 0 Å². The minimum atomic E-state index is -0.479. The Labute approximate surface area is 159 Å². The molecule has 0 radical (unpaired) electrons. The summed E-state index contributed by atoms with van der Waals surface area (Å²) < 4.78 is 5.99. The molecule has 0 aromatic heterocycles. The van der Waals surface area contributed by atoms with Crippen molar-refractivity contribution in [2.45, 2.75) is 71.8 Å². The molecule has 146 valence electrons. The quantitative estimate of drug-likeness (QED) is 0.704. The van der Waals surface area contributed by atoms with E-state index in [0.29, 0.717) is 12.5 Å². The highest BCUT2D eigenvalue weighted by Gasteiger charge is 2.17. The number of nitrogens with one attached hydrogen (secondary N) is 1. The van der Waals surface area contributed by atoms with Crippen molar-refractivity contribution in [3.63, 3.8) is 0 Å². The van der Waals surface area contributed by atoms with Gasteiger partial charge in [0.05, 0.1) is 0 Å². The molecule has 0 spiro atoms. The Morgan fingerprint density at radius 3 is 2.50 bits per heavy atom. The number of aryl methyl sites for hydroxylation is 1. The zero-order chi connectivity index (χ0) is 18.9. The Morgan fingerprint density at radius 2 is 1.85 bits per heavy atom. The van der Waals surface area contributed by atoms with Crippen LogP contribution in [0.5, 0.6) is 5.75 Å². The summed E-state index contributed by atoms with van der Waals surface area (Å²) >= 11 is 0. The van der Waals surface area contributed by atoms with Crippen LogP contribution in [0.25, 0.3) is 0 Å². The molecule has 1 aromatic carbocycles. The SMILES string of the molecule is Cc1ccc(C(C)C)c(O[C@@H](C)C(=O)NCCCN2CCCCCC2)c1. The van der Waals surface area contributed by atoms with E-state index in [1.54, 1.807) is 0 Å². The number of ether oxygens (including phenoxy) is 1. The van der Waals surface area contributed by atoms with E-state index in [2.05, 4.69) is 36.2 Å². The van der Waals surface area contributed by atoms with Gasteiger partial charge in [-0.25, -0.2) is 0 Å². The molecule has 4 heteroatoms. The van der Waals surface area contributed by atoms with E-state index in [1.165, 1.54) is 38.8 Å². The summed E-state index contributed by atoms with van der Waals surface area (Å²) in [5.74, 6) is 1.17. The van der Waals surface area contributed by atoms with Gasteiger partial charge in [-0.05, 0) is 75.9 Å². The molecule has 1 amide bonds. The number of carbonyl (C=O) groups is 1. The first-order valence-corrected chi connectivity index (χ1v) is 10.2. The maximum Gasteiger partial charge on any atom is 0.260 e. The third kappa shape index (κ3) is 6.64. The second-order valence-electron chi connectivity index (χ2n) is 7.86. The molecular weight excluding hydrogens is 324 g/mol. The molecule has 26 heavy (non-hydrogen) atoms. The second kappa shape index (κ2) is 10.6. The minimum Gasteiger partial charge on any atom is -0.481 e. The second-order valence-corrected chi connectivity index (χ2v) is 7.86. The molecule has 2 rings (SSSR count). The Hall–Kier alpha value is -1.55. The Kier molecular flexibility index (Phi) is 8.43. The van der Waals surface area contributed by atoms with Gasteiger partial charge < -0.3 is 15.0 Å². The number of likely N-dealkylation sites (tertiary alicyclic amines) is 1. The fraction of sp³-hybridized carbons (Fsp3) is 0.682. The van der Waals surface area contributed by atoms with Crippen LogP contribution in [-0.4, -0.2) is 43.1 Å². The van der Waals surface area contributed by atoms with E-state index in [4.69, 9.17) is 4.74 Å². The van der Waals surface area contributed by atoms with Crippen molar-refractivity contribution in [1.29, 1.82) is 0 Å². The largest absolute Gasteiger partial charge is 0.481 e. The molecular formula is C22H36N2O2. The number of benzene rings is 1. The zero-order valence-electron chi connectivity index (χ0n) is 17.0. The van der Waals surface area contributed by atoms with E-state index in [0.717, 1.165) is 29.8 Å². The van der Waals surface area contributed by atoms with Gasteiger partial charge in [-0.1, -0.05) is 38.8 Å². The van der Waals surface area contributed by atoms with Crippen LogP contribution < -0.4 is 10.1 Å². The highest BCUT2D eigenvalue weighted by atomic mass is 16.5. The van der Waals surface area contributed by atoms with Crippen LogP contribution in [0.4, 0.5) is 0 Å². The molecule has 1 N–H and O–H groups in total. The third-order valence-electron chi connectivity index (χ3n) is 5.11. The number of rotatable bonds is 8. The van der Waals surface area contributed by atoms with E-state index < -0.39 is 6.10 Å². The summed E-state index contributed by atoms with van der Waals surface area (Å²) in [5.41, 5.74) is 2.30. The summed E-state index contributed by atoms with van der Waals surface area (Å²) in [4.78, 5) is 14.9. The number of hydrogen-bond donors (Lipinski definition) is 1. The molecule has 1 aliphatic rings. The van der Waals surface area contributed by atoms with Crippen molar-refractivity contribution < 1.29 is 9.53 Å². The third-order valence-corrected chi connectivity index (χ3v) is 5.11. The first-order chi connectivity index (χ1) is 12.5. The average Bonchev–Trinajstić information content (AvgIpc) is 2.87. The highest BCUT2D eigenvalue weighted by molar-refractivity contribution is 5.80. The Balaban J connectivity index is 1.76. The molecule has 1 aliphatic heterocycles. The number of amides is 1. The van der Waals surface area contributed by atoms with Crippen LogP contribution in [0.1, 0.15) is 69.9 Å². The van der Waals surface area contributed by atoms with Gasteiger partial charge in [0, 0.05) is 6.54 Å². The lowest BCUT2D eigenvalue weighted by Crippen LogP contribution is -2.38. The fourth-order valence-corrected chi connectivity index (χ4v) is 3.48. The maximum atomic E-state index is 12.4. The van der Waals surface area contributed by atoms with Gasteiger partial charge >= 0.3 is 0 Å². The zero-order valence-corrected chi connectivity index (χ0v) is 17.0. The topological polar surface area (TPSA) is 41.6 Å². The fourth-order valence-electron chi connectivity index (χ4n) is 3.48. The monoisotopic (exact) mass is 360 g/mol. The van der Waals surface area contributed by atoms with Gasteiger partial charge in [-0.2, -0.15) is 0 Å². The van der Waals surface area contributed by atoms with Gasteiger partial charge in [0.2, 0.25) is 0 Å². The molecule has 1 saturated heterocycles. The first kappa shape index (κ1) is 20.8. The molecule has 4 nitrogen and oxygen atoms in total. The Bertz CT molecular complexity index is 563. The lowest BCUT2D eigenvalue weighted by molar-refractivity contribution is -0.127. The minimum absolute atomic E-state index is 0.0305. The summed E-state index contributed by atoms with van der Waals surface area (Å²) in [6.07, 6.45) is 5.86. The highest BCUT2D eigenvalue weighted by Crippen LogP contribution is 2.28. The predicted octanol–water partition coefficient (Wildman–Crippen LogP) is 4.27. The molecule has 0 bridgehead atoms. The van der Waals surface area contributed by atoms with Gasteiger partial charge in [0.25, 0.3) is 5.91 Å². The van der Waals surface area contributed by atoms with Crippen LogP contribution in [0, 0.1) is 6.92 Å². The Morgan fingerprint density at radius 1 is 1.15 bits per heavy atom. The standard InChI is InChI=1S/C22H36N2O2/c1-17(2)20-11-10-18(3)16-21(20)26-19(4)22(25)23-12-9-15-24-13-7-5-6-8-14-24/h10-11,16-17,19H,5-9,12-15H2,1-4H3,(H,23,25)/t19-/m0/s1. The van der Waals surface area contributed by atoms with Crippen LogP contribution in [0.15, 0.2) is 18.2 Å². The van der Waals surface area contributed by atoms with Crippen molar-refractivity contribution in [3.05, 3.63) is 29.3 Å². The van der Waals surface area contributed by atoms with Gasteiger partial charge in [0.1, 0.15) is 5.75 Å². The number of nitrogens with zero attached hydrogens (tertiary/aromatic N) is 1. The summed E-state index contributed by atoms with van der Waals surface area (Å²) in [6, 6.07) is 6.22. The summed E-state index contributed by atoms with van der Waals surface area (Å²) in [5, 5.41) is 3.03. The normalized spacial score (nSPS) is 17.0. The first-order valence-electron chi connectivity index (χ1n) is 10.2. The van der Waals surface area contributed by atoms with Crippen LogP contribution in [-0.2, 0) is 4.79 Å². The molecule has 0 unspecified atom stereocenters. The van der Waals surface area contributed by atoms with Crippen LogP contribution in [0.3, 0.4) is 0 Å². The maximum absolute atomic E-state index is 12.4. The van der Waals surface area contributed by atoms with E-state index in [-0.39, 0.29) is 5.91 Å². The number of carbonyl (C=O) groups excluding carboxylic acids is 1. The molecule has 0 saturated carbocycles. The lowest BCUT2D eigenvalue weighted by atomic mass is 10.0. The smallest absolute Gasteiger partial charge is 0.260 e.